The summed E-state index contributed by atoms with van der Waals surface area (Å²) in [6, 6.07) is 15.7. The van der Waals surface area contributed by atoms with Crippen LogP contribution >= 0.6 is 0 Å². The molecule has 0 atom stereocenters. The SMILES string of the molecule is COc1ccc2nc(/C=C/c3ccccn3)ccc2c1. The van der Waals surface area contributed by atoms with E-state index < -0.39 is 0 Å². The number of fused-ring (bicyclic) bond motifs is 1. The van der Waals surface area contributed by atoms with Crippen LogP contribution in [-0.2, 0) is 0 Å². The first-order valence-corrected chi connectivity index (χ1v) is 6.39. The van der Waals surface area contributed by atoms with Gasteiger partial charge in [-0.15, -0.1) is 0 Å². The Morgan fingerprint density at radius 2 is 1.85 bits per heavy atom. The number of methoxy groups -OCH3 is 1. The second-order valence-electron chi connectivity index (χ2n) is 4.38. The molecule has 3 nitrogen and oxygen atoms in total. The summed E-state index contributed by atoms with van der Waals surface area (Å²) in [4.78, 5) is 8.84. The molecule has 0 N–H and O–H groups in total. The minimum Gasteiger partial charge on any atom is -0.497 e. The Kier molecular flexibility index (Phi) is 3.42. The molecular weight excluding hydrogens is 248 g/mol. The molecule has 0 aliphatic heterocycles. The van der Waals surface area contributed by atoms with Gasteiger partial charge in [0.15, 0.2) is 0 Å². The van der Waals surface area contributed by atoms with E-state index in [1.165, 1.54) is 0 Å². The number of nitrogens with zero attached hydrogens (tertiary/aromatic N) is 2. The van der Waals surface area contributed by atoms with Crippen LogP contribution in [0.4, 0.5) is 0 Å². The second kappa shape index (κ2) is 5.53. The van der Waals surface area contributed by atoms with Crippen molar-refractivity contribution >= 4 is 23.1 Å². The fraction of sp³-hybridized carbons (Fsp3) is 0.0588. The van der Waals surface area contributed by atoms with E-state index in [4.69, 9.17) is 4.74 Å². The largest absolute Gasteiger partial charge is 0.497 e. The van der Waals surface area contributed by atoms with Gasteiger partial charge in [0.05, 0.1) is 24.0 Å². The van der Waals surface area contributed by atoms with Gasteiger partial charge < -0.3 is 4.74 Å². The molecule has 0 saturated carbocycles. The monoisotopic (exact) mass is 262 g/mol. The van der Waals surface area contributed by atoms with Gasteiger partial charge in [-0.25, -0.2) is 4.98 Å². The van der Waals surface area contributed by atoms with E-state index in [1.807, 2.05) is 60.7 Å². The number of hydrogen-bond donors (Lipinski definition) is 0. The van der Waals surface area contributed by atoms with E-state index in [9.17, 15) is 0 Å². The third kappa shape index (κ3) is 2.67. The van der Waals surface area contributed by atoms with Gasteiger partial charge >= 0.3 is 0 Å². The highest BCUT2D eigenvalue weighted by molar-refractivity contribution is 5.82. The summed E-state index contributed by atoms with van der Waals surface area (Å²) in [5, 5.41) is 1.07. The Morgan fingerprint density at radius 1 is 0.950 bits per heavy atom. The lowest BCUT2D eigenvalue weighted by Gasteiger charge is -2.02. The molecule has 0 aliphatic rings. The van der Waals surface area contributed by atoms with E-state index in [1.54, 1.807) is 13.3 Å². The molecule has 3 heteroatoms. The molecule has 98 valence electrons. The number of rotatable bonds is 3. The molecule has 0 radical (unpaired) electrons. The Morgan fingerprint density at radius 3 is 2.65 bits per heavy atom. The highest BCUT2D eigenvalue weighted by Crippen LogP contribution is 2.20. The topological polar surface area (TPSA) is 35.0 Å². The zero-order chi connectivity index (χ0) is 13.8. The highest BCUT2D eigenvalue weighted by atomic mass is 16.5. The summed E-state index contributed by atoms with van der Waals surface area (Å²) in [6.45, 7) is 0. The Hall–Kier alpha value is -2.68. The Bertz CT molecular complexity index is 751. The molecule has 1 aromatic carbocycles. The van der Waals surface area contributed by atoms with Crippen LogP contribution in [0, 0.1) is 0 Å². The minimum atomic E-state index is 0.844. The van der Waals surface area contributed by atoms with Crippen LogP contribution in [0.25, 0.3) is 23.1 Å². The summed E-state index contributed by atoms with van der Waals surface area (Å²) >= 11 is 0. The van der Waals surface area contributed by atoms with Crippen LogP contribution < -0.4 is 4.74 Å². The van der Waals surface area contributed by atoms with Crippen molar-refractivity contribution < 1.29 is 4.74 Å². The molecule has 3 rings (SSSR count). The molecule has 2 heterocycles. The predicted octanol–water partition coefficient (Wildman–Crippen LogP) is 3.81. The molecule has 0 fully saturated rings. The fourth-order valence-electron chi connectivity index (χ4n) is 1.98. The zero-order valence-corrected chi connectivity index (χ0v) is 11.2. The summed E-state index contributed by atoms with van der Waals surface area (Å²) in [7, 11) is 1.67. The number of ether oxygens (including phenoxy) is 1. The average Bonchev–Trinajstić information content (AvgIpc) is 2.53. The summed E-state index contributed by atoms with van der Waals surface area (Å²) in [5.74, 6) is 0.844. The molecule has 20 heavy (non-hydrogen) atoms. The normalized spacial score (nSPS) is 11.1. The summed E-state index contributed by atoms with van der Waals surface area (Å²) < 4.78 is 5.21. The first-order valence-electron chi connectivity index (χ1n) is 6.39. The maximum Gasteiger partial charge on any atom is 0.119 e. The van der Waals surface area contributed by atoms with Crippen molar-refractivity contribution in [2.45, 2.75) is 0 Å². The average molecular weight is 262 g/mol. The van der Waals surface area contributed by atoms with Gasteiger partial charge in [0.2, 0.25) is 0 Å². The fourth-order valence-corrected chi connectivity index (χ4v) is 1.98. The van der Waals surface area contributed by atoms with Gasteiger partial charge in [0.1, 0.15) is 5.75 Å². The second-order valence-corrected chi connectivity index (χ2v) is 4.38. The van der Waals surface area contributed by atoms with Gasteiger partial charge in [-0.05, 0) is 48.6 Å². The molecule has 3 aromatic rings. The molecule has 0 saturated heterocycles. The smallest absolute Gasteiger partial charge is 0.119 e. The number of aromatic nitrogens is 2. The van der Waals surface area contributed by atoms with Crippen molar-refractivity contribution in [1.29, 1.82) is 0 Å². The first-order chi connectivity index (χ1) is 9.85. The molecular formula is C17H14N2O. The third-order valence-corrected chi connectivity index (χ3v) is 3.03. The van der Waals surface area contributed by atoms with Crippen molar-refractivity contribution in [1.82, 2.24) is 9.97 Å². The lowest BCUT2D eigenvalue weighted by molar-refractivity contribution is 0.415. The van der Waals surface area contributed by atoms with Gasteiger partial charge in [-0.3, -0.25) is 4.98 Å². The maximum atomic E-state index is 5.21. The summed E-state index contributed by atoms with van der Waals surface area (Å²) in [6.07, 6.45) is 5.70. The molecule has 2 aromatic heterocycles. The van der Waals surface area contributed by atoms with Crippen LogP contribution in [0.3, 0.4) is 0 Å². The third-order valence-electron chi connectivity index (χ3n) is 3.03. The lowest BCUT2D eigenvalue weighted by Crippen LogP contribution is -1.86. The number of benzene rings is 1. The first kappa shape index (κ1) is 12.4. The van der Waals surface area contributed by atoms with Crippen molar-refractivity contribution in [2.75, 3.05) is 7.11 Å². The molecule has 0 unspecified atom stereocenters. The minimum absolute atomic E-state index is 0.844. The zero-order valence-electron chi connectivity index (χ0n) is 11.2. The van der Waals surface area contributed by atoms with Crippen molar-refractivity contribution in [3.05, 3.63) is 66.1 Å². The predicted molar refractivity (Wildman–Crippen MR) is 81.5 cm³/mol. The van der Waals surface area contributed by atoms with Gasteiger partial charge in [-0.2, -0.15) is 0 Å². The van der Waals surface area contributed by atoms with Crippen LogP contribution in [0.2, 0.25) is 0 Å². The Balaban J connectivity index is 1.91. The standard InChI is InChI=1S/C17H14N2O/c1-20-16-9-10-17-13(12-16)5-6-15(19-17)8-7-14-4-2-3-11-18-14/h2-12H,1H3/b8-7+. The summed E-state index contributed by atoms with van der Waals surface area (Å²) in [5.41, 5.74) is 2.78. The van der Waals surface area contributed by atoms with E-state index in [0.717, 1.165) is 28.0 Å². The maximum absolute atomic E-state index is 5.21. The van der Waals surface area contributed by atoms with Gasteiger partial charge in [0.25, 0.3) is 0 Å². The van der Waals surface area contributed by atoms with Crippen molar-refractivity contribution in [3.8, 4) is 5.75 Å². The van der Waals surface area contributed by atoms with Gasteiger partial charge in [-0.1, -0.05) is 12.1 Å². The van der Waals surface area contributed by atoms with Crippen molar-refractivity contribution in [2.24, 2.45) is 0 Å². The number of pyridine rings is 2. The van der Waals surface area contributed by atoms with Crippen LogP contribution in [0.1, 0.15) is 11.4 Å². The quantitative estimate of drug-likeness (QED) is 0.720. The Labute approximate surface area is 117 Å². The van der Waals surface area contributed by atoms with E-state index >= 15 is 0 Å². The van der Waals surface area contributed by atoms with E-state index in [-0.39, 0.29) is 0 Å². The van der Waals surface area contributed by atoms with Crippen LogP contribution in [0.15, 0.2) is 54.7 Å². The van der Waals surface area contributed by atoms with E-state index in [2.05, 4.69) is 9.97 Å². The van der Waals surface area contributed by atoms with Gasteiger partial charge in [0, 0.05) is 11.6 Å². The molecule has 0 bridgehead atoms. The highest BCUT2D eigenvalue weighted by Gasteiger charge is 1.98. The lowest BCUT2D eigenvalue weighted by atomic mass is 10.2. The molecule has 0 amide bonds. The molecule has 0 spiro atoms. The van der Waals surface area contributed by atoms with E-state index in [0.29, 0.717) is 0 Å². The molecule has 0 aliphatic carbocycles. The van der Waals surface area contributed by atoms with Crippen molar-refractivity contribution in [3.63, 3.8) is 0 Å². The van der Waals surface area contributed by atoms with Crippen LogP contribution in [0.5, 0.6) is 5.75 Å². The number of hydrogen-bond acceptors (Lipinski definition) is 3. The van der Waals surface area contributed by atoms with Crippen LogP contribution in [-0.4, -0.2) is 17.1 Å².